The number of rotatable bonds is 8. The lowest BCUT2D eigenvalue weighted by Gasteiger charge is -2.35. The van der Waals surface area contributed by atoms with Crippen LogP contribution in [0.25, 0.3) is 0 Å². The number of amides is 1. The molecule has 0 unspecified atom stereocenters. The first kappa shape index (κ1) is 17.4. The van der Waals surface area contributed by atoms with E-state index >= 15 is 0 Å². The SMILES string of the molecule is CC(C)N(C)C(=O)CN1CCN(CCCCCN)CC1. The van der Waals surface area contributed by atoms with Crippen LogP contribution in [0.2, 0.25) is 0 Å². The summed E-state index contributed by atoms with van der Waals surface area (Å²) in [5.74, 6) is 0.233. The van der Waals surface area contributed by atoms with Gasteiger partial charge in [0.05, 0.1) is 6.54 Å². The Labute approximate surface area is 124 Å². The van der Waals surface area contributed by atoms with E-state index in [1.165, 1.54) is 19.4 Å². The summed E-state index contributed by atoms with van der Waals surface area (Å²) in [5, 5.41) is 0. The molecule has 2 N–H and O–H groups in total. The summed E-state index contributed by atoms with van der Waals surface area (Å²) in [7, 11) is 1.89. The third-order valence-corrected chi connectivity index (χ3v) is 4.17. The van der Waals surface area contributed by atoms with Crippen LogP contribution in [0.15, 0.2) is 0 Å². The van der Waals surface area contributed by atoms with Crippen molar-refractivity contribution in [3.05, 3.63) is 0 Å². The average Bonchev–Trinajstić information content (AvgIpc) is 2.44. The van der Waals surface area contributed by atoms with Gasteiger partial charge in [-0.05, 0) is 39.8 Å². The molecule has 5 heteroatoms. The molecule has 5 nitrogen and oxygen atoms in total. The van der Waals surface area contributed by atoms with E-state index in [4.69, 9.17) is 5.73 Å². The van der Waals surface area contributed by atoms with Crippen LogP contribution in [0.1, 0.15) is 33.1 Å². The molecule has 0 bridgehead atoms. The Kier molecular flexibility index (Phi) is 8.11. The van der Waals surface area contributed by atoms with E-state index in [0.717, 1.165) is 39.1 Å². The van der Waals surface area contributed by atoms with Gasteiger partial charge in [-0.2, -0.15) is 0 Å². The van der Waals surface area contributed by atoms with Crippen LogP contribution in [-0.2, 0) is 4.79 Å². The number of hydrogen-bond acceptors (Lipinski definition) is 4. The van der Waals surface area contributed by atoms with E-state index in [1.54, 1.807) is 0 Å². The second-order valence-corrected chi connectivity index (χ2v) is 6.07. The highest BCUT2D eigenvalue weighted by Gasteiger charge is 2.20. The summed E-state index contributed by atoms with van der Waals surface area (Å²) in [5.41, 5.74) is 5.50. The van der Waals surface area contributed by atoms with Crippen molar-refractivity contribution in [1.82, 2.24) is 14.7 Å². The summed E-state index contributed by atoms with van der Waals surface area (Å²) in [6.45, 7) is 10.8. The largest absolute Gasteiger partial charge is 0.342 e. The fourth-order valence-electron chi connectivity index (χ4n) is 2.42. The van der Waals surface area contributed by atoms with Crippen molar-refractivity contribution >= 4 is 5.91 Å². The molecule has 0 aromatic carbocycles. The highest BCUT2D eigenvalue weighted by molar-refractivity contribution is 5.78. The molecule has 20 heavy (non-hydrogen) atoms. The van der Waals surface area contributed by atoms with Crippen molar-refractivity contribution in [2.24, 2.45) is 5.73 Å². The van der Waals surface area contributed by atoms with E-state index in [1.807, 2.05) is 11.9 Å². The number of nitrogens with zero attached hydrogens (tertiary/aromatic N) is 3. The number of carbonyl (C=O) groups excluding carboxylic acids is 1. The maximum absolute atomic E-state index is 12.0. The van der Waals surface area contributed by atoms with Gasteiger partial charge in [0, 0.05) is 39.3 Å². The molecule has 0 aromatic rings. The first-order chi connectivity index (χ1) is 9.54. The topological polar surface area (TPSA) is 52.8 Å². The molecule has 0 spiro atoms. The Bertz CT molecular complexity index is 275. The van der Waals surface area contributed by atoms with E-state index in [2.05, 4.69) is 23.6 Å². The number of nitrogens with two attached hydrogens (primary N) is 1. The van der Waals surface area contributed by atoms with Crippen LogP contribution in [0.4, 0.5) is 0 Å². The lowest BCUT2D eigenvalue weighted by molar-refractivity contribution is -0.133. The molecule has 1 aliphatic rings. The van der Waals surface area contributed by atoms with Gasteiger partial charge in [-0.1, -0.05) is 6.42 Å². The van der Waals surface area contributed by atoms with Gasteiger partial charge < -0.3 is 15.5 Å². The van der Waals surface area contributed by atoms with Crippen LogP contribution < -0.4 is 5.73 Å². The summed E-state index contributed by atoms with van der Waals surface area (Å²) < 4.78 is 0. The lowest BCUT2D eigenvalue weighted by Crippen LogP contribution is -2.50. The van der Waals surface area contributed by atoms with Crippen LogP contribution in [0.5, 0.6) is 0 Å². The Hall–Kier alpha value is -0.650. The third kappa shape index (κ3) is 6.20. The lowest BCUT2D eigenvalue weighted by atomic mass is 10.2. The van der Waals surface area contributed by atoms with Gasteiger partial charge in [-0.3, -0.25) is 9.69 Å². The molecule has 0 radical (unpaired) electrons. The minimum Gasteiger partial charge on any atom is -0.342 e. The molecular formula is C15H32N4O. The molecule has 1 heterocycles. The molecule has 0 aromatic heterocycles. The minimum absolute atomic E-state index is 0.233. The maximum Gasteiger partial charge on any atom is 0.236 e. The van der Waals surface area contributed by atoms with Gasteiger partial charge in [0.25, 0.3) is 0 Å². The Morgan fingerprint density at radius 2 is 1.70 bits per heavy atom. The van der Waals surface area contributed by atoms with Gasteiger partial charge in [0.15, 0.2) is 0 Å². The van der Waals surface area contributed by atoms with Crippen molar-refractivity contribution in [1.29, 1.82) is 0 Å². The smallest absolute Gasteiger partial charge is 0.236 e. The fourth-order valence-corrected chi connectivity index (χ4v) is 2.42. The Balaban J connectivity index is 2.17. The number of piperazine rings is 1. The molecule has 1 amide bonds. The average molecular weight is 284 g/mol. The monoisotopic (exact) mass is 284 g/mol. The molecule has 1 fully saturated rings. The fraction of sp³-hybridized carbons (Fsp3) is 0.933. The van der Waals surface area contributed by atoms with Crippen molar-refractivity contribution in [3.8, 4) is 0 Å². The molecule has 0 atom stereocenters. The minimum atomic E-state index is 0.233. The standard InChI is InChI=1S/C15H32N4O/c1-14(2)17(3)15(20)13-19-11-9-18(10-12-19)8-6-4-5-7-16/h14H,4-13,16H2,1-3H3. The molecular weight excluding hydrogens is 252 g/mol. The highest BCUT2D eigenvalue weighted by Crippen LogP contribution is 2.05. The molecule has 0 saturated carbocycles. The summed E-state index contributed by atoms with van der Waals surface area (Å²) in [6.07, 6.45) is 3.61. The van der Waals surface area contributed by atoms with Gasteiger partial charge in [-0.25, -0.2) is 0 Å². The first-order valence-corrected chi connectivity index (χ1v) is 7.95. The molecule has 118 valence electrons. The summed E-state index contributed by atoms with van der Waals surface area (Å²) in [4.78, 5) is 18.6. The normalized spacial score (nSPS) is 17.6. The van der Waals surface area contributed by atoms with E-state index in [-0.39, 0.29) is 11.9 Å². The second-order valence-electron chi connectivity index (χ2n) is 6.07. The van der Waals surface area contributed by atoms with E-state index < -0.39 is 0 Å². The van der Waals surface area contributed by atoms with Crippen molar-refractivity contribution in [3.63, 3.8) is 0 Å². The number of likely N-dealkylation sites (N-methyl/N-ethyl adjacent to an activating group) is 1. The van der Waals surface area contributed by atoms with Crippen LogP contribution in [0.3, 0.4) is 0 Å². The van der Waals surface area contributed by atoms with Gasteiger partial charge >= 0.3 is 0 Å². The number of carbonyl (C=O) groups is 1. The van der Waals surface area contributed by atoms with Crippen LogP contribution >= 0.6 is 0 Å². The Morgan fingerprint density at radius 1 is 1.10 bits per heavy atom. The van der Waals surface area contributed by atoms with Crippen molar-refractivity contribution in [2.75, 3.05) is 52.9 Å². The molecule has 1 rings (SSSR count). The second kappa shape index (κ2) is 9.32. The summed E-state index contributed by atoms with van der Waals surface area (Å²) in [6, 6.07) is 0.284. The van der Waals surface area contributed by atoms with Gasteiger partial charge in [0.1, 0.15) is 0 Å². The predicted octanol–water partition coefficient (Wildman–Crippen LogP) is 0.600. The van der Waals surface area contributed by atoms with Gasteiger partial charge in [0.2, 0.25) is 5.91 Å². The highest BCUT2D eigenvalue weighted by atomic mass is 16.2. The summed E-state index contributed by atoms with van der Waals surface area (Å²) >= 11 is 0. The Morgan fingerprint density at radius 3 is 2.25 bits per heavy atom. The first-order valence-electron chi connectivity index (χ1n) is 7.95. The zero-order chi connectivity index (χ0) is 15.0. The molecule has 0 aliphatic carbocycles. The van der Waals surface area contributed by atoms with Crippen molar-refractivity contribution in [2.45, 2.75) is 39.2 Å². The van der Waals surface area contributed by atoms with E-state index in [9.17, 15) is 4.79 Å². The zero-order valence-electron chi connectivity index (χ0n) is 13.5. The molecule has 1 saturated heterocycles. The predicted molar refractivity (Wildman–Crippen MR) is 83.7 cm³/mol. The quantitative estimate of drug-likeness (QED) is 0.663. The number of hydrogen-bond donors (Lipinski definition) is 1. The van der Waals surface area contributed by atoms with Crippen LogP contribution in [0, 0.1) is 0 Å². The number of unbranched alkanes of at least 4 members (excludes halogenated alkanes) is 2. The van der Waals surface area contributed by atoms with Crippen molar-refractivity contribution < 1.29 is 4.79 Å². The van der Waals surface area contributed by atoms with E-state index in [0.29, 0.717) is 6.54 Å². The zero-order valence-corrected chi connectivity index (χ0v) is 13.5. The van der Waals surface area contributed by atoms with Crippen LogP contribution in [-0.4, -0.2) is 79.5 Å². The third-order valence-electron chi connectivity index (χ3n) is 4.17. The maximum atomic E-state index is 12.0. The van der Waals surface area contributed by atoms with Gasteiger partial charge in [-0.15, -0.1) is 0 Å². The molecule has 1 aliphatic heterocycles.